The zero-order valence-corrected chi connectivity index (χ0v) is 4.24. The highest BCUT2D eigenvalue weighted by Crippen LogP contribution is 1.89. The second-order valence-electron chi connectivity index (χ2n) is 1.38. The van der Waals surface area contributed by atoms with Crippen LogP contribution in [0.15, 0.2) is 0 Å². The molecule has 7 heavy (non-hydrogen) atoms. The first kappa shape index (κ1) is 6.34. The van der Waals surface area contributed by atoms with Crippen LogP contribution in [0, 0.1) is 12.3 Å². The Labute approximate surface area is 43.7 Å². The summed E-state index contributed by atoms with van der Waals surface area (Å²) in [4.78, 5) is 0. The van der Waals surface area contributed by atoms with Crippen LogP contribution in [0.3, 0.4) is 0 Å². The van der Waals surface area contributed by atoms with Crippen LogP contribution in [0.5, 0.6) is 0 Å². The first-order valence-corrected chi connectivity index (χ1v) is 2.31. The van der Waals surface area contributed by atoms with Crippen molar-refractivity contribution in [3.8, 4) is 0 Å². The fourth-order valence-corrected chi connectivity index (χ4v) is 0.286. The Morgan fingerprint density at radius 3 is 2.43 bits per heavy atom. The van der Waals surface area contributed by atoms with Crippen molar-refractivity contribution in [1.82, 2.24) is 0 Å². The van der Waals surface area contributed by atoms with Crippen LogP contribution in [0.25, 0.3) is 0 Å². The van der Waals surface area contributed by atoms with Crippen LogP contribution in [-0.4, -0.2) is 5.90 Å². The molecule has 0 amide bonds. The molecule has 0 radical (unpaired) electrons. The predicted molar refractivity (Wildman–Crippen MR) is 26.9 cm³/mol. The van der Waals surface area contributed by atoms with E-state index in [2.05, 4.69) is 6.92 Å². The Kier molecular flexibility index (Phi) is 3.19. The van der Waals surface area contributed by atoms with E-state index in [9.17, 15) is 5.11 Å². The standard InChI is InChI=1S/C5H9NO/c1-2-3-4-5(6)7/h1-4H2,(H-,6,7). The summed E-state index contributed by atoms with van der Waals surface area (Å²) in [5, 5.41) is 16.3. The molecule has 0 aliphatic rings. The number of hydrogen-bond donors (Lipinski definition) is 1. The maximum atomic E-state index is 9.84. The second kappa shape index (κ2) is 3.53. The molecule has 0 saturated carbocycles. The molecule has 0 spiro atoms. The highest BCUT2D eigenvalue weighted by molar-refractivity contribution is 5.67. The third-order valence-corrected chi connectivity index (χ3v) is 0.654. The van der Waals surface area contributed by atoms with Gasteiger partial charge in [-0.3, -0.25) is 0 Å². The van der Waals surface area contributed by atoms with E-state index >= 15 is 0 Å². The van der Waals surface area contributed by atoms with Gasteiger partial charge in [0.25, 0.3) is 0 Å². The molecule has 0 saturated heterocycles. The average Bonchev–Trinajstić information content (AvgIpc) is 1.61. The summed E-state index contributed by atoms with van der Waals surface area (Å²) in [5.74, 6) is -0.483. The van der Waals surface area contributed by atoms with E-state index < -0.39 is 5.90 Å². The number of rotatable bonds is 3. The van der Waals surface area contributed by atoms with Gasteiger partial charge in [-0.25, -0.2) is 0 Å². The van der Waals surface area contributed by atoms with Crippen LogP contribution < -0.4 is 5.11 Å². The summed E-state index contributed by atoms with van der Waals surface area (Å²) in [6.45, 7) is 3.52. The topological polar surface area (TPSA) is 46.9 Å². The van der Waals surface area contributed by atoms with E-state index in [1.165, 1.54) is 0 Å². The van der Waals surface area contributed by atoms with E-state index in [1.807, 2.05) is 0 Å². The minimum Gasteiger partial charge on any atom is -0.862 e. The third kappa shape index (κ3) is 5.34. The van der Waals surface area contributed by atoms with Gasteiger partial charge < -0.3 is 10.5 Å². The monoisotopic (exact) mass is 99.1 g/mol. The zero-order chi connectivity index (χ0) is 5.70. The van der Waals surface area contributed by atoms with Gasteiger partial charge in [0.15, 0.2) is 0 Å². The summed E-state index contributed by atoms with van der Waals surface area (Å²) in [6, 6.07) is 0. The molecule has 0 atom stereocenters. The highest BCUT2D eigenvalue weighted by atomic mass is 16.3. The first-order chi connectivity index (χ1) is 3.27. The molecule has 0 unspecified atom stereocenters. The molecular weight excluding hydrogens is 90.1 g/mol. The Morgan fingerprint density at radius 2 is 2.29 bits per heavy atom. The van der Waals surface area contributed by atoms with Crippen molar-refractivity contribution in [2.24, 2.45) is 0 Å². The van der Waals surface area contributed by atoms with Gasteiger partial charge in [-0.05, 0) is 18.7 Å². The molecule has 0 rings (SSSR count). The molecule has 0 aromatic heterocycles. The average molecular weight is 99.1 g/mol. The van der Waals surface area contributed by atoms with E-state index in [-0.39, 0.29) is 0 Å². The van der Waals surface area contributed by atoms with Crippen molar-refractivity contribution >= 4 is 5.90 Å². The van der Waals surface area contributed by atoms with Crippen molar-refractivity contribution < 1.29 is 5.11 Å². The first-order valence-electron chi connectivity index (χ1n) is 2.31. The second-order valence-corrected chi connectivity index (χ2v) is 1.38. The van der Waals surface area contributed by atoms with Gasteiger partial charge in [-0.1, -0.05) is 0 Å². The number of nitrogens with one attached hydrogen (secondary N) is 1. The Bertz CT molecular complexity index is 61.1. The molecule has 0 heterocycles. The van der Waals surface area contributed by atoms with Gasteiger partial charge in [-0.2, -0.15) is 0 Å². The molecular formula is C5H9NO. The lowest BCUT2D eigenvalue weighted by Crippen LogP contribution is -2.14. The van der Waals surface area contributed by atoms with E-state index in [1.54, 1.807) is 0 Å². The summed E-state index contributed by atoms with van der Waals surface area (Å²) in [7, 11) is 0. The fraction of sp³-hybridized carbons (Fsp3) is 0.600. The highest BCUT2D eigenvalue weighted by Gasteiger charge is 1.82. The maximum Gasteiger partial charge on any atom is 0.0853 e. The van der Waals surface area contributed by atoms with Crippen LogP contribution in [0.4, 0.5) is 0 Å². The van der Waals surface area contributed by atoms with Crippen molar-refractivity contribution in [2.75, 3.05) is 0 Å². The van der Waals surface area contributed by atoms with Crippen molar-refractivity contribution in [2.45, 2.75) is 19.3 Å². The van der Waals surface area contributed by atoms with Gasteiger partial charge in [0, 0.05) is 0 Å². The zero-order valence-electron chi connectivity index (χ0n) is 4.24. The summed E-state index contributed by atoms with van der Waals surface area (Å²) >= 11 is 0. The van der Waals surface area contributed by atoms with E-state index in [0.29, 0.717) is 6.42 Å². The molecule has 0 aliphatic heterocycles. The maximum absolute atomic E-state index is 9.84. The summed E-state index contributed by atoms with van der Waals surface area (Å²) in [5.41, 5.74) is 0. The molecule has 2 heteroatoms. The minimum absolute atomic E-state index is 0.365. The van der Waals surface area contributed by atoms with Crippen molar-refractivity contribution in [3.05, 3.63) is 6.92 Å². The van der Waals surface area contributed by atoms with Gasteiger partial charge in [0.2, 0.25) is 0 Å². The quantitative estimate of drug-likeness (QED) is 0.309. The lowest BCUT2D eigenvalue weighted by molar-refractivity contribution is -0.220. The van der Waals surface area contributed by atoms with E-state index in [4.69, 9.17) is 5.41 Å². The van der Waals surface area contributed by atoms with Crippen LogP contribution in [-0.2, 0) is 0 Å². The fourth-order valence-electron chi connectivity index (χ4n) is 0.286. The minimum atomic E-state index is -0.483. The van der Waals surface area contributed by atoms with Gasteiger partial charge in [0.1, 0.15) is 0 Å². The van der Waals surface area contributed by atoms with Gasteiger partial charge in [0.05, 0.1) is 13.3 Å². The lowest BCUT2D eigenvalue weighted by Gasteiger charge is -2.01. The molecule has 40 valence electrons. The Balaban J connectivity index is 2.82. The van der Waals surface area contributed by atoms with Gasteiger partial charge in [-0.15, -0.1) is 0 Å². The molecule has 0 bridgehead atoms. The SMILES string of the molecule is [CH2+]CCCC(=N)[O-]. The molecule has 0 aliphatic carbocycles. The molecule has 1 N–H and O–H groups in total. The molecule has 0 aromatic rings. The largest absolute Gasteiger partial charge is 0.862 e. The van der Waals surface area contributed by atoms with Crippen LogP contribution in [0.2, 0.25) is 0 Å². The Hall–Kier alpha value is -0.660. The molecule has 0 aromatic carbocycles. The number of hydrogen-bond acceptors (Lipinski definition) is 2. The smallest absolute Gasteiger partial charge is 0.0853 e. The lowest BCUT2D eigenvalue weighted by atomic mass is 10.2. The Morgan fingerprint density at radius 1 is 1.71 bits per heavy atom. The normalized spacial score (nSPS) is 8.57. The summed E-state index contributed by atoms with van der Waals surface area (Å²) in [6.07, 6.45) is 1.87. The molecule has 2 nitrogen and oxygen atoms in total. The van der Waals surface area contributed by atoms with Crippen molar-refractivity contribution in [1.29, 1.82) is 5.41 Å². The van der Waals surface area contributed by atoms with Crippen LogP contribution >= 0.6 is 0 Å². The van der Waals surface area contributed by atoms with E-state index in [0.717, 1.165) is 12.8 Å². The summed E-state index contributed by atoms with van der Waals surface area (Å²) < 4.78 is 0. The number of unbranched alkanes of at least 4 members (excludes halogenated alkanes) is 1. The van der Waals surface area contributed by atoms with Crippen molar-refractivity contribution in [3.63, 3.8) is 0 Å². The molecule has 0 fully saturated rings. The predicted octanol–water partition coefficient (Wildman–Crippen LogP) is 0.328. The van der Waals surface area contributed by atoms with Gasteiger partial charge >= 0.3 is 0 Å². The third-order valence-electron chi connectivity index (χ3n) is 0.654. The van der Waals surface area contributed by atoms with Crippen LogP contribution in [0.1, 0.15) is 19.3 Å².